The molecule has 0 unspecified atom stereocenters. The molecule has 5 aromatic carbocycles. The molecule has 0 spiro atoms. The lowest BCUT2D eigenvalue weighted by Crippen LogP contribution is -2.56. The molecule has 6 aromatic rings. The standard InChI is InChI=1S/C35H23BN4/c1-35(2)26-14-3-5-18-30(26)39-31-19-6-4-16-28(31)36(29-17-9-15-27(35)34(29)39)40-32-22(20-37)10-7-12-24(32)25-13-8-11-23(21-38)33(25)40/h3-19H,1-2H3. The lowest BCUT2D eigenvalue weighted by Gasteiger charge is -2.47. The molecular weight excluding hydrogens is 487 g/mol. The van der Waals surface area contributed by atoms with Crippen LogP contribution in [0.15, 0.2) is 103 Å². The highest BCUT2D eigenvalue weighted by atomic mass is 15.2. The van der Waals surface area contributed by atoms with E-state index in [-0.39, 0.29) is 12.3 Å². The lowest BCUT2D eigenvalue weighted by molar-refractivity contribution is 0.632. The maximum absolute atomic E-state index is 10.3. The highest BCUT2D eigenvalue weighted by Crippen LogP contribution is 2.52. The summed E-state index contributed by atoms with van der Waals surface area (Å²) in [5.74, 6) is 0. The van der Waals surface area contributed by atoms with Gasteiger partial charge in [-0.05, 0) is 46.3 Å². The number of hydrogen-bond donors (Lipinski definition) is 0. The van der Waals surface area contributed by atoms with Crippen molar-refractivity contribution < 1.29 is 0 Å². The average molecular weight is 510 g/mol. The van der Waals surface area contributed by atoms with Gasteiger partial charge in [-0.25, -0.2) is 0 Å². The van der Waals surface area contributed by atoms with Gasteiger partial charge in [0, 0.05) is 27.6 Å². The molecule has 5 heteroatoms. The highest BCUT2D eigenvalue weighted by Gasteiger charge is 2.45. The number of anilines is 3. The molecule has 2 aliphatic rings. The van der Waals surface area contributed by atoms with Gasteiger partial charge in [0.1, 0.15) is 12.1 Å². The summed E-state index contributed by atoms with van der Waals surface area (Å²) in [4.78, 5) is 2.42. The van der Waals surface area contributed by atoms with Crippen LogP contribution < -0.4 is 15.8 Å². The Morgan fingerprint density at radius 1 is 0.600 bits per heavy atom. The van der Waals surface area contributed by atoms with Crippen LogP contribution >= 0.6 is 0 Å². The van der Waals surface area contributed by atoms with Gasteiger partial charge in [-0.1, -0.05) is 92.7 Å². The summed E-state index contributed by atoms with van der Waals surface area (Å²) in [5, 5.41) is 22.5. The van der Waals surface area contributed by atoms with Crippen molar-refractivity contribution >= 4 is 56.6 Å². The third-order valence-electron chi connectivity index (χ3n) is 8.89. The maximum Gasteiger partial charge on any atom is 0.332 e. The van der Waals surface area contributed by atoms with Crippen LogP contribution in [0.25, 0.3) is 21.8 Å². The Morgan fingerprint density at radius 3 is 1.82 bits per heavy atom. The van der Waals surface area contributed by atoms with Gasteiger partial charge in [-0.3, -0.25) is 0 Å². The van der Waals surface area contributed by atoms with Crippen LogP contribution in [0.1, 0.15) is 36.1 Å². The number of para-hydroxylation sites is 5. The second-order valence-corrected chi connectivity index (χ2v) is 11.2. The minimum atomic E-state index is -0.229. The highest BCUT2D eigenvalue weighted by molar-refractivity contribution is 6.88. The Bertz CT molecular complexity index is 2070. The van der Waals surface area contributed by atoms with E-state index in [1.807, 2.05) is 24.3 Å². The zero-order valence-electron chi connectivity index (χ0n) is 22.2. The van der Waals surface area contributed by atoms with Crippen molar-refractivity contribution in [3.05, 3.63) is 125 Å². The van der Waals surface area contributed by atoms with Crippen molar-refractivity contribution in [2.75, 3.05) is 4.90 Å². The largest absolute Gasteiger partial charge is 0.374 e. The van der Waals surface area contributed by atoms with Gasteiger partial charge in [0.15, 0.2) is 0 Å². The molecular formula is C35H23BN4. The molecule has 0 bridgehead atoms. The molecule has 0 radical (unpaired) electrons. The van der Waals surface area contributed by atoms with E-state index >= 15 is 0 Å². The number of fused-ring (bicyclic) bond motifs is 7. The van der Waals surface area contributed by atoms with Crippen LogP contribution in [0.2, 0.25) is 0 Å². The quantitative estimate of drug-likeness (QED) is 0.234. The van der Waals surface area contributed by atoms with E-state index in [4.69, 9.17) is 0 Å². The van der Waals surface area contributed by atoms with Crippen molar-refractivity contribution in [1.82, 2.24) is 4.48 Å². The number of hydrogen-bond acceptors (Lipinski definition) is 3. The van der Waals surface area contributed by atoms with Crippen molar-refractivity contribution in [1.29, 1.82) is 10.5 Å². The van der Waals surface area contributed by atoms with Crippen LogP contribution in [-0.2, 0) is 5.41 Å². The van der Waals surface area contributed by atoms with Crippen molar-refractivity contribution in [2.24, 2.45) is 0 Å². The predicted molar refractivity (Wildman–Crippen MR) is 163 cm³/mol. The van der Waals surface area contributed by atoms with E-state index in [0.29, 0.717) is 11.1 Å². The van der Waals surface area contributed by atoms with Gasteiger partial charge in [0.2, 0.25) is 0 Å². The number of nitrogens with zero attached hydrogens (tertiary/aromatic N) is 4. The molecule has 0 amide bonds. The Labute approximate surface area is 233 Å². The number of benzene rings is 5. The molecule has 0 saturated carbocycles. The fourth-order valence-electron chi connectivity index (χ4n) is 7.21. The van der Waals surface area contributed by atoms with Crippen LogP contribution in [0.4, 0.5) is 17.1 Å². The van der Waals surface area contributed by atoms with Gasteiger partial charge < -0.3 is 9.38 Å². The summed E-state index contributed by atoms with van der Waals surface area (Å²) >= 11 is 0. The molecule has 0 aliphatic carbocycles. The lowest BCUT2D eigenvalue weighted by atomic mass is 9.46. The van der Waals surface area contributed by atoms with Gasteiger partial charge in [-0.2, -0.15) is 10.5 Å². The van der Waals surface area contributed by atoms with Gasteiger partial charge in [0.05, 0.1) is 27.8 Å². The average Bonchev–Trinajstić information content (AvgIpc) is 3.33. The zero-order chi connectivity index (χ0) is 27.2. The number of aromatic nitrogens is 1. The van der Waals surface area contributed by atoms with Crippen LogP contribution in [0.5, 0.6) is 0 Å². The molecule has 0 fully saturated rings. The maximum atomic E-state index is 10.3. The van der Waals surface area contributed by atoms with E-state index in [1.54, 1.807) is 0 Å². The minimum Gasteiger partial charge on any atom is -0.374 e. The fourth-order valence-corrected chi connectivity index (χ4v) is 7.21. The molecule has 1 aromatic heterocycles. The third kappa shape index (κ3) is 2.69. The molecule has 4 nitrogen and oxygen atoms in total. The second kappa shape index (κ2) is 7.88. The first-order valence-corrected chi connectivity index (χ1v) is 13.5. The smallest absolute Gasteiger partial charge is 0.332 e. The van der Waals surface area contributed by atoms with E-state index in [0.717, 1.165) is 38.4 Å². The Kier molecular flexibility index (Phi) is 4.47. The molecule has 40 heavy (non-hydrogen) atoms. The van der Waals surface area contributed by atoms with E-state index < -0.39 is 0 Å². The first-order valence-electron chi connectivity index (χ1n) is 13.5. The Morgan fingerprint density at radius 2 is 1.15 bits per heavy atom. The van der Waals surface area contributed by atoms with E-state index in [9.17, 15) is 10.5 Å². The molecule has 3 heterocycles. The van der Waals surface area contributed by atoms with Crippen LogP contribution in [-0.4, -0.2) is 11.3 Å². The second-order valence-electron chi connectivity index (χ2n) is 11.2. The third-order valence-corrected chi connectivity index (χ3v) is 8.89. The topological polar surface area (TPSA) is 55.8 Å². The number of nitriles is 2. The predicted octanol–water partition coefficient (Wildman–Crippen LogP) is 6.61. The molecule has 8 rings (SSSR count). The van der Waals surface area contributed by atoms with E-state index in [1.165, 1.54) is 22.5 Å². The van der Waals surface area contributed by atoms with Gasteiger partial charge in [-0.15, -0.1) is 0 Å². The van der Waals surface area contributed by atoms with Crippen molar-refractivity contribution in [3.63, 3.8) is 0 Å². The molecule has 0 N–H and O–H groups in total. The summed E-state index contributed by atoms with van der Waals surface area (Å²) in [6.07, 6.45) is 0. The Balaban J connectivity index is 1.58. The van der Waals surface area contributed by atoms with Crippen LogP contribution in [0, 0.1) is 22.7 Å². The molecule has 186 valence electrons. The Hall–Kier alpha value is -5.26. The summed E-state index contributed by atoms with van der Waals surface area (Å²) < 4.78 is 2.26. The van der Waals surface area contributed by atoms with Crippen LogP contribution in [0.3, 0.4) is 0 Å². The zero-order valence-corrected chi connectivity index (χ0v) is 22.2. The number of rotatable bonds is 1. The summed E-state index contributed by atoms with van der Waals surface area (Å²) in [7, 11) is 0. The van der Waals surface area contributed by atoms with Gasteiger partial charge >= 0.3 is 6.85 Å². The summed E-state index contributed by atoms with van der Waals surface area (Å²) in [6.45, 7) is 4.37. The molecule has 2 aliphatic heterocycles. The summed E-state index contributed by atoms with van der Waals surface area (Å²) in [5.41, 5.74) is 11.1. The first-order chi connectivity index (χ1) is 19.6. The van der Waals surface area contributed by atoms with Crippen molar-refractivity contribution in [2.45, 2.75) is 19.3 Å². The molecule has 0 atom stereocenters. The minimum absolute atomic E-state index is 0.203. The summed E-state index contributed by atoms with van der Waals surface area (Å²) in [6, 6.07) is 40.6. The first kappa shape index (κ1) is 22.7. The fraction of sp³-hybridized carbons (Fsp3) is 0.0857. The SMILES string of the molecule is CC1(C)c2ccccc2N2c3ccccc3B(n3c4c(C#N)cccc4c4cccc(C#N)c43)c3cccc1c32. The normalized spacial score (nSPS) is 14.3. The van der Waals surface area contributed by atoms with Gasteiger partial charge in [0.25, 0.3) is 0 Å². The monoisotopic (exact) mass is 510 g/mol. The molecule has 0 saturated heterocycles. The van der Waals surface area contributed by atoms with Crippen molar-refractivity contribution in [3.8, 4) is 12.1 Å². The van der Waals surface area contributed by atoms with E-state index in [2.05, 4.69) is 114 Å².